The second-order valence-electron chi connectivity index (χ2n) is 4.20. The molecule has 1 saturated carbocycles. The Morgan fingerprint density at radius 1 is 1.12 bits per heavy atom. The highest BCUT2D eigenvalue weighted by atomic mass is 32.1. The molecule has 0 aromatic heterocycles. The number of carbonyl (C=O) groups excluding carboxylic acids is 2. The zero-order chi connectivity index (χ0) is 12.9. The van der Waals surface area contributed by atoms with Crippen LogP contribution in [0.15, 0.2) is 0 Å². The van der Waals surface area contributed by atoms with E-state index in [1.165, 1.54) is 0 Å². The van der Waals surface area contributed by atoms with Crippen molar-refractivity contribution in [2.45, 2.75) is 25.7 Å². The van der Waals surface area contributed by atoms with E-state index in [1.807, 2.05) is 0 Å². The zero-order valence-electron chi connectivity index (χ0n) is 9.62. The van der Waals surface area contributed by atoms with Gasteiger partial charge in [-0.25, -0.2) is 4.79 Å². The standard InChI is InChI=1S/C10H18N4O2S/c11-7(17)10(3-1-2-4-10)8(15)13-5-6-14-9(12)16/h1-6H2,(H2,11,17)(H,13,15)(H3,12,14,16). The summed E-state index contributed by atoms with van der Waals surface area (Å²) >= 11 is 4.99. The second kappa shape index (κ2) is 5.81. The number of hydrogen-bond acceptors (Lipinski definition) is 3. The highest BCUT2D eigenvalue weighted by Gasteiger charge is 2.43. The molecule has 17 heavy (non-hydrogen) atoms. The van der Waals surface area contributed by atoms with Gasteiger partial charge in [0, 0.05) is 13.1 Å². The van der Waals surface area contributed by atoms with E-state index in [0.717, 1.165) is 12.8 Å². The van der Waals surface area contributed by atoms with Crippen LogP contribution in [0.4, 0.5) is 4.79 Å². The molecule has 0 aliphatic heterocycles. The number of amides is 3. The summed E-state index contributed by atoms with van der Waals surface area (Å²) in [4.78, 5) is 22.7. The molecule has 0 spiro atoms. The van der Waals surface area contributed by atoms with E-state index in [1.54, 1.807) is 0 Å². The molecular formula is C10H18N4O2S. The topological polar surface area (TPSA) is 110 Å². The van der Waals surface area contributed by atoms with Crippen LogP contribution in [0.1, 0.15) is 25.7 Å². The Labute approximate surface area is 105 Å². The van der Waals surface area contributed by atoms with Crippen LogP contribution in [0.25, 0.3) is 0 Å². The van der Waals surface area contributed by atoms with Gasteiger partial charge in [0.05, 0.1) is 10.4 Å². The Kier molecular flexibility index (Phi) is 4.68. The average molecular weight is 258 g/mol. The van der Waals surface area contributed by atoms with Gasteiger partial charge in [-0.3, -0.25) is 4.79 Å². The normalized spacial score (nSPS) is 17.4. The van der Waals surface area contributed by atoms with Crippen molar-refractivity contribution in [3.05, 3.63) is 0 Å². The maximum atomic E-state index is 12.0. The molecule has 6 nitrogen and oxygen atoms in total. The number of carbonyl (C=O) groups is 2. The zero-order valence-corrected chi connectivity index (χ0v) is 10.4. The molecule has 1 aliphatic rings. The molecule has 1 fully saturated rings. The molecule has 0 heterocycles. The quantitative estimate of drug-likeness (QED) is 0.398. The Balaban J connectivity index is 2.44. The van der Waals surface area contributed by atoms with Crippen molar-refractivity contribution in [3.8, 4) is 0 Å². The minimum absolute atomic E-state index is 0.145. The highest BCUT2D eigenvalue weighted by molar-refractivity contribution is 7.80. The van der Waals surface area contributed by atoms with Gasteiger partial charge in [-0.15, -0.1) is 0 Å². The van der Waals surface area contributed by atoms with Crippen LogP contribution in [-0.2, 0) is 4.79 Å². The lowest BCUT2D eigenvalue weighted by atomic mass is 9.85. The van der Waals surface area contributed by atoms with Gasteiger partial charge in [0.15, 0.2) is 0 Å². The number of hydrogen-bond donors (Lipinski definition) is 4. The highest BCUT2D eigenvalue weighted by Crippen LogP contribution is 2.38. The number of rotatable bonds is 5. The fraction of sp³-hybridized carbons (Fsp3) is 0.700. The Morgan fingerprint density at radius 2 is 1.65 bits per heavy atom. The van der Waals surface area contributed by atoms with Gasteiger partial charge in [0.1, 0.15) is 0 Å². The summed E-state index contributed by atoms with van der Waals surface area (Å²) in [5.41, 5.74) is 9.88. The summed E-state index contributed by atoms with van der Waals surface area (Å²) in [5.74, 6) is -0.145. The van der Waals surface area contributed by atoms with Gasteiger partial charge in [0.25, 0.3) is 0 Å². The molecule has 7 heteroatoms. The molecule has 1 aliphatic carbocycles. The van der Waals surface area contributed by atoms with Crippen molar-refractivity contribution in [1.29, 1.82) is 0 Å². The van der Waals surface area contributed by atoms with Crippen LogP contribution in [0, 0.1) is 5.41 Å². The van der Waals surface area contributed by atoms with Crippen LogP contribution < -0.4 is 22.1 Å². The van der Waals surface area contributed by atoms with Gasteiger partial charge < -0.3 is 22.1 Å². The third-order valence-corrected chi connectivity index (χ3v) is 3.46. The number of thiocarbonyl (C=S) groups is 1. The van der Waals surface area contributed by atoms with Crippen LogP contribution in [0.3, 0.4) is 0 Å². The molecule has 0 radical (unpaired) electrons. The van der Waals surface area contributed by atoms with Crippen LogP contribution in [0.2, 0.25) is 0 Å². The van der Waals surface area contributed by atoms with Crippen LogP contribution in [-0.4, -0.2) is 30.0 Å². The molecule has 1 rings (SSSR count). The van der Waals surface area contributed by atoms with Crippen molar-refractivity contribution < 1.29 is 9.59 Å². The smallest absolute Gasteiger partial charge is 0.312 e. The molecule has 6 N–H and O–H groups in total. The summed E-state index contributed by atoms with van der Waals surface area (Å²) in [5, 5.41) is 5.12. The first-order valence-corrected chi connectivity index (χ1v) is 6.01. The molecule has 0 aromatic rings. The van der Waals surface area contributed by atoms with E-state index < -0.39 is 11.4 Å². The first-order chi connectivity index (χ1) is 7.99. The molecule has 0 unspecified atom stereocenters. The molecule has 0 bridgehead atoms. The lowest BCUT2D eigenvalue weighted by Gasteiger charge is -2.26. The minimum atomic E-state index is -0.692. The predicted molar refractivity (Wildman–Crippen MR) is 68.3 cm³/mol. The number of nitrogens with two attached hydrogens (primary N) is 2. The molecule has 0 saturated heterocycles. The third-order valence-electron chi connectivity index (χ3n) is 3.07. The second-order valence-corrected chi connectivity index (χ2v) is 4.64. The van der Waals surface area contributed by atoms with Crippen molar-refractivity contribution >= 4 is 29.1 Å². The third kappa shape index (κ3) is 3.29. The Hall–Kier alpha value is -1.37. The minimum Gasteiger partial charge on any atom is -0.392 e. The summed E-state index contributed by atoms with van der Waals surface area (Å²) in [7, 11) is 0. The molecule has 96 valence electrons. The van der Waals surface area contributed by atoms with E-state index >= 15 is 0 Å². The fourth-order valence-corrected chi connectivity index (χ4v) is 2.39. The summed E-state index contributed by atoms with van der Waals surface area (Å²) in [6.07, 6.45) is 3.34. The first-order valence-electron chi connectivity index (χ1n) is 5.60. The predicted octanol–water partition coefficient (Wildman–Crippen LogP) is -0.383. The van der Waals surface area contributed by atoms with E-state index in [4.69, 9.17) is 23.7 Å². The van der Waals surface area contributed by atoms with Gasteiger partial charge in [-0.1, -0.05) is 25.1 Å². The summed E-state index contributed by atoms with van der Waals surface area (Å²) < 4.78 is 0. The molecule has 0 atom stereocenters. The summed E-state index contributed by atoms with van der Waals surface area (Å²) in [6.45, 7) is 0.626. The summed E-state index contributed by atoms with van der Waals surface area (Å²) in [6, 6.07) is -0.607. The van der Waals surface area contributed by atoms with Crippen LogP contribution in [0.5, 0.6) is 0 Å². The first kappa shape index (κ1) is 13.7. The molecule has 0 aromatic carbocycles. The molecule has 3 amide bonds. The SMILES string of the molecule is NC(=O)NCCNC(=O)C1(C(N)=S)CCCC1. The Morgan fingerprint density at radius 3 is 2.12 bits per heavy atom. The van der Waals surface area contributed by atoms with E-state index in [2.05, 4.69) is 10.6 Å². The van der Waals surface area contributed by atoms with Gasteiger partial charge in [0.2, 0.25) is 5.91 Å². The lowest BCUT2D eigenvalue weighted by Crippen LogP contribution is -2.49. The largest absolute Gasteiger partial charge is 0.392 e. The average Bonchev–Trinajstić information content (AvgIpc) is 2.74. The van der Waals surface area contributed by atoms with E-state index in [0.29, 0.717) is 25.9 Å². The van der Waals surface area contributed by atoms with Gasteiger partial charge >= 0.3 is 6.03 Å². The maximum absolute atomic E-state index is 12.0. The number of primary amides is 1. The maximum Gasteiger partial charge on any atom is 0.312 e. The van der Waals surface area contributed by atoms with Crippen molar-refractivity contribution in [2.75, 3.05) is 13.1 Å². The number of urea groups is 1. The lowest BCUT2D eigenvalue weighted by molar-refractivity contribution is -0.127. The van der Waals surface area contributed by atoms with Gasteiger partial charge in [-0.05, 0) is 12.8 Å². The van der Waals surface area contributed by atoms with Crippen molar-refractivity contribution in [2.24, 2.45) is 16.9 Å². The van der Waals surface area contributed by atoms with Crippen molar-refractivity contribution in [3.63, 3.8) is 0 Å². The number of nitrogens with one attached hydrogen (secondary N) is 2. The fourth-order valence-electron chi connectivity index (χ4n) is 2.09. The van der Waals surface area contributed by atoms with Crippen molar-refractivity contribution in [1.82, 2.24) is 10.6 Å². The molecular weight excluding hydrogens is 240 g/mol. The van der Waals surface area contributed by atoms with E-state index in [-0.39, 0.29) is 10.9 Å². The monoisotopic (exact) mass is 258 g/mol. The van der Waals surface area contributed by atoms with Crippen LogP contribution >= 0.6 is 12.2 Å². The van der Waals surface area contributed by atoms with Gasteiger partial charge in [-0.2, -0.15) is 0 Å². The Bertz CT molecular complexity index is 326. The van der Waals surface area contributed by atoms with E-state index in [9.17, 15) is 9.59 Å².